The van der Waals surface area contributed by atoms with Gasteiger partial charge in [0.25, 0.3) is 0 Å². The van der Waals surface area contributed by atoms with Gasteiger partial charge >= 0.3 is 12.3 Å². The van der Waals surface area contributed by atoms with Gasteiger partial charge in [0.15, 0.2) is 6.29 Å². The van der Waals surface area contributed by atoms with Crippen molar-refractivity contribution in [2.24, 2.45) is 0 Å². The summed E-state index contributed by atoms with van der Waals surface area (Å²) < 4.78 is 51.5. The van der Waals surface area contributed by atoms with E-state index in [9.17, 15) is 22.8 Å². The predicted molar refractivity (Wildman–Crippen MR) is 97.7 cm³/mol. The number of hydrogen-bond acceptors (Lipinski definition) is 5. The third-order valence-corrected chi connectivity index (χ3v) is 6.92. The molecule has 1 saturated heterocycles. The van der Waals surface area contributed by atoms with Crippen LogP contribution in [0.25, 0.3) is 0 Å². The van der Waals surface area contributed by atoms with Crippen molar-refractivity contribution >= 4 is 23.7 Å². The maximum absolute atomic E-state index is 13.4. The number of carbonyl (C=O) groups excluding carboxylic acids is 2. The third kappa shape index (κ3) is 3.78. The maximum atomic E-state index is 13.4. The van der Waals surface area contributed by atoms with Crippen molar-refractivity contribution in [1.29, 1.82) is 0 Å². The fourth-order valence-electron chi connectivity index (χ4n) is 4.05. The molecule has 28 heavy (non-hydrogen) atoms. The van der Waals surface area contributed by atoms with Gasteiger partial charge in [-0.25, -0.2) is 4.79 Å². The van der Waals surface area contributed by atoms with E-state index in [1.807, 2.05) is 13.8 Å². The number of piperidine rings is 1. The van der Waals surface area contributed by atoms with Gasteiger partial charge in [-0.15, -0.1) is 11.3 Å². The van der Waals surface area contributed by atoms with Crippen LogP contribution in [0.5, 0.6) is 0 Å². The smallest absolute Gasteiger partial charge is 0.426 e. The SMILES string of the molecule is CCCCOC(=O)N1CC[C@]2(C[C@@H]1C)OCCc1c2sc(C(F)(F)F)c1C=O. The van der Waals surface area contributed by atoms with Crippen molar-refractivity contribution in [2.45, 2.75) is 63.8 Å². The molecule has 0 bridgehead atoms. The van der Waals surface area contributed by atoms with E-state index >= 15 is 0 Å². The summed E-state index contributed by atoms with van der Waals surface area (Å²) in [7, 11) is 0. The Hall–Kier alpha value is -1.61. The lowest BCUT2D eigenvalue weighted by Crippen LogP contribution is -2.52. The maximum Gasteiger partial charge on any atom is 0.426 e. The summed E-state index contributed by atoms with van der Waals surface area (Å²) in [6.45, 7) is 4.80. The minimum absolute atomic E-state index is 0.245. The molecule has 9 heteroatoms. The van der Waals surface area contributed by atoms with Crippen molar-refractivity contribution in [2.75, 3.05) is 19.8 Å². The largest absolute Gasteiger partial charge is 0.449 e. The van der Waals surface area contributed by atoms with Crippen LogP contribution >= 0.6 is 11.3 Å². The number of thiophene rings is 1. The van der Waals surface area contributed by atoms with Gasteiger partial charge in [0.1, 0.15) is 10.5 Å². The Bertz CT molecular complexity index is 748. The monoisotopic (exact) mass is 419 g/mol. The van der Waals surface area contributed by atoms with Gasteiger partial charge in [0.05, 0.1) is 13.2 Å². The number of likely N-dealkylation sites (tertiary alicyclic amines) is 1. The summed E-state index contributed by atoms with van der Waals surface area (Å²) in [6.07, 6.45) is -1.93. The number of fused-ring (bicyclic) bond motifs is 2. The molecule has 2 aliphatic heterocycles. The van der Waals surface area contributed by atoms with E-state index in [2.05, 4.69) is 0 Å². The van der Waals surface area contributed by atoms with Crippen molar-refractivity contribution in [1.82, 2.24) is 4.90 Å². The summed E-state index contributed by atoms with van der Waals surface area (Å²) in [4.78, 5) is 25.0. The van der Waals surface area contributed by atoms with Gasteiger partial charge in [-0.3, -0.25) is 4.79 Å². The van der Waals surface area contributed by atoms with E-state index in [1.165, 1.54) is 0 Å². The highest BCUT2D eigenvalue weighted by atomic mass is 32.1. The zero-order valence-electron chi connectivity index (χ0n) is 15.9. The van der Waals surface area contributed by atoms with Crippen molar-refractivity contribution in [3.8, 4) is 0 Å². The molecule has 5 nitrogen and oxygen atoms in total. The first-order chi connectivity index (χ1) is 13.2. The second kappa shape index (κ2) is 8.02. The fourth-order valence-corrected chi connectivity index (χ4v) is 5.42. The Morgan fingerprint density at radius 2 is 2.21 bits per heavy atom. The van der Waals surface area contributed by atoms with Gasteiger partial charge in [0.2, 0.25) is 0 Å². The minimum atomic E-state index is -4.57. The van der Waals surface area contributed by atoms with Crippen LogP contribution in [0.1, 0.15) is 65.2 Å². The number of nitrogens with zero attached hydrogens (tertiary/aromatic N) is 1. The summed E-state index contributed by atoms with van der Waals surface area (Å²) in [5.41, 5.74) is -0.701. The van der Waals surface area contributed by atoms with Crippen molar-refractivity contribution < 1.29 is 32.2 Å². The standard InChI is InChI=1S/C19H24F3NO4S/c1-3-4-8-26-17(25)23-7-6-18(10-12(23)2)15-13(5-9-27-18)14(11-24)16(28-15)19(20,21)22/h11-12H,3-10H2,1-2H3/t12-,18+/m0/s1. The van der Waals surface area contributed by atoms with E-state index in [0.717, 1.165) is 12.8 Å². The lowest BCUT2D eigenvalue weighted by atomic mass is 9.81. The molecule has 1 amide bonds. The Balaban J connectivity index is 1.85. The van der Waals surface area contributed by atoms with E-state index in [-0.39, 0.29) is 24.6 Å². The fraction of sp³-hybridized carbons (Fsp3) is 0.684. The van der Waals surface area contributed by atoms with E-state index in [1.54, 1.807) is 4.90 Å². The molecule has 0 radical (unpaired) electrons. The second-order valence-corrected chi connectivity index (χ2v) is 8.35. The molecule has 0 saturated carbocycles. The highest BCUT2D eigenvalue weighted by Gasteiger charge is 2.49. The van der Waals surface area contributed by atoms with Gasteiger partial charge in [-0.1, -0.05) is 13.3 Å². The Morgan fingerprint density at radius 1 is 1.46 bits per heavy atom. The van der Waals surface area contributed by atoms with Crippen LogP contribution in [0.15, 0.2) is 0 Å². The number of aldehydes is 1. The second-order valence-electron chi connectivity index (χ2n) is 7.33. The molecule has 3 rings (SSSR count). The molecule has 1 fully saturated rings. The van der Waals surface area contributed by atoms with Gasteiger partial charge in [-0.05, 0) is 31.7 Å². The van der Waals surface area contributed by atoms with Crippen LogP contribution in [0.2, 0.25) is 0 Å². The van der Waals surface area contributed by atoms with Crippen molar-refractivity contribution in [3.63, 3.8) is 0 Å². The summed E-state index contributed by atoms with van der Waals surface area (Å²) in [5.74, 6) is 0. The topological polar surface area (TPSA) is 55.8 Å². The zero-order valence-corrected chi connectivity index (χ0v) is 16.8. The molecular formula is C19H24F3NO4S. The van der Waals surface area contributed by atoms with E-state index in [0.29, 0.717) is 54.1 Å². The van der Waals surface area contributed by atoms with E-state index in [4.69, 9.17) is 9.47 Å². The zero-order chi connectivity index (χ0) is 20.5. The van der Waals surface area contributed by atoms with Gasteiger partial charge in [0, 0.05) is 29.4 Å². The first kappa shape index (κ1) is 21.1. The van der Waals surface area contributed by atoms with Crippen molar-refractivity contribution in [3.05, 3.63) is 20.9 Å². The Kier molecular flexibility index (Phi) is 6.05. The van der Waals surface area contributed by atoms with Crippen LogP contribution in [0.3, 0.4) is 0 Å². The van der Waals surface area contributed by atoms with Crippen LogP contribution in [-0.2, 0) is 27.7 Å². The number of ether oxygens (including phenoxy) is 2. The third-order valence-electron chi connectivity index (χ3n) is 5.44. The van der Waals surface area contributed by atoms with Crippen LogP contribution in [0, 0.1) is 0 Å². The number of unbranched alkanes of at least 4 members (excludes halogenated alkanes) is 1. The predicted octanol–water partition coefficient (Wildman–Crippen LogP) is 4.77. The molecule has 2 atom stereocenters. The molecule has 156 valence electrons. The lowest BCUT2D eigenvalue weighted by molar-refractivity contribution is -0.134. The molecule has 3 heterocycles. The number of hydrogen-bond donors (Lipinski definition) is 0. The molecule has 1 spiro atoms. The van der Waals surface area contributed by atoms with Gasteiger partial charge in [-0.2, -0.15) is 13.2 Å². The van der Waals surface area contributed by atoms with E-state index < -0.39 is 22.7 Å². The van der Waals surface area contributed by atoms with Crippen LogP contribution in [0.4, 0.5) is 18.0 Å². The normalized spacial score (nSPS) is 24.9. The summed E-state index contributed by atoms with van der Waals surface area (Å²) >= 11 is 0.611. The molecule has 0 aromatic carbocycles. The number of carbonyl (C=O) groups is 2. The number of alkyl halides is 3. The highest BCUT2D eigenvalue weighted by Crippen LogP contribution is 2.51. The molecule has 0 aliphatic carbocycles. The molecule has 0 N–H and O–H groups in total. The number of halogens is 3. The molecule has 1 aromatic rings. The van der Waals surface area contributed by atoms with Crippen LogP contribution in [-0.4, -0.2) is 43.1 Å². The molecule has 2 aliphatic rings. The quantitative estimate of drug-likeness (QED) is 0.521. The first-order valence-corrected chi connectivity index (χ1v) is 10.3. The van der Waals surface area contributed by atoms with Gasteiger partial charge < -0.3 is 14.4 Å². The number of amides is 1. The molecule has 1 aromatic heterocycles. The molecule has 0 unspecified atom stereocenters. The average molecular weight is 419 g/mol. The summed E-state index contributed by atoms with van der Waals surface area (Å²) in [5, 5.41) is 0. The minimum Gasteiger partial charge on any atom is -0.449 e. The van der Waals surface area contributed by atoms with Crippen LogP contribution < -0.4 is 0 Å². The lowest BCUT2D eigenvalue weighted by Gasteiger charge is -2.46. The number of rotatable bonds is 4. The highest BCUT2D eigenvalue weighted by molar-refractivity contribution is 7.12. The average Bonchev–Trinajstić information content (AvgIpc) is 3.02. The summed E-state index contributed by atoms with van der Waals surface area (Å²) in [6, 6.07) is -0.245. The Morgan fingerprint density at radius 3 is 2.82 bits per heavy atom. The Labute approximate surface area is 165 Å². The first-order valence-electron chi connectivity index (χ1n) is 9.49. The molecular weight excluding hydrogens is 395 g/mol.